The van der Waals surface area contributed by atoms with Gasteiger partial charge in [-0.1, -0.05) is 66.2 Å². The number of carbonyl (C=O) groups is 2. The van der Waals surface area contributed by atoms with E-state index in [-0.39, 0.29) is 5.91 Å². The highest BCUT2D eigenvalue weighted by Crippen LogP contribution is 2.44. The number of carboxylic acid groups (broad SMARTS) is 1. The first-order valence-corrected chi connectivity index (χ1v) is 8.85. The summed E-state index contributed by atoms with van der Waals surface area (Å²) < 4.78 is 0. The Hall–Kier alpha value is -3.40. The van der Waals surface area contributed by atoms with E-state index in [1.165, 1.54) is 0 Å². The van der Waals surface area contributed by atoms with Crippen molar-refractivity contribution in [3.05, 3.63) is 101 Å². The van der Waals surface area contributed by atoms with Crippen LogP contribution < -0.4 is 4.90 Å². The van der Waals surface area contributed by atoms with Gasteiger partial charge in [-0.2, -0.15) is 0 Å². The van der Waals surface area contributed by atoms with Gasteiger partial charge in [-0.15, -0.1) is 0 Å². The van der Waals surface area contributed by atoms with Gasteiger partial charge in [-0.3, -0.25) is 14.5 Å². The molecule has 27 heavy (non-hydrogen) atoms. The summed E-state index contributed by atoms with van der Waals surface area (Å²) >= 11 is 0. The Morgan fingerprint density at radius 3 is 2.19 bits per heavy atom. The van der Waals surface area contributed by atoms with Crippen molar-refractivity contribution in [2.45, 2.75) is 18.9 Å². The molecule has 4 rings (SSSR count). The van der Waals surface area contributed by atoms with Gasteiger partial charge < -0.3 is 5.11 Å². The minimum absolute atomic E-state index is 0.180. The lowest BCUT2D eigenvalue weighted by atomic mass is 9.79. The van der Waals surface area contributed by atoms with Crippen molar-refractivity contribution in [1.82, 2.24) is 0 Å². The Kier molecular flexibility index (Phi) is 4.24. The summed E-state index contributed by atoms with van der Waals surface area (Å²) in [7, 11) is 0. The fourth-order valence-electron chi connectivity index (χ4n) is 3.78. The first-order chi connectivity index (χ1) is 13.1. The molecule has 0 saturated heterocycles. The SMILES string of the molecule is Cc1ccc(N2C(=O)c3ccccc3[C@H](C(=O)O)[C@@H]2c2ccccc2)cc1. The van der Waals surface area contributed by atoms with Gasteiger partial charge in [-0.05, 0) is 36.2 Å². The number of carboxylic acids is 1. The van der Waals surface area contributed by atoms with E-state index >= 15 is 0 Å². The number of aryl methyl sites for hydroxylation is 1. The van der Waals surface area contributed by atoms with Crippen molar-refractivity contribution in [1.29, 1.82) is 0 Å². The van der Waals surface area contributed by atoms with Gasteiger partial charge in [0.1, 0.15) is 5.92 Å². The summed E-state index contributed by atoms with van der Waals surface area (Å²) in [5, 5.41) is 10.1. The maximum Gasteiger partial charge on any atom is 0.313 e. The molecule has 3 aromatic carbocycles. The highest BCUT2D eigenvalue weighted by atomic mass is 16.4. The van der Waals surface area contributed by atoms with Crippen LogP contribution in [0.1, 0.15) is 39.0 Å². The van der Waals surface area contributed by atoms with E-state index in [1.54, 1.807) is 29.2 Å². The third kappa shape index (κ3) is 2.89. The number of carbonyl (C=O) groups excluding carboxylic acids is 1. The summed E-state index contributed by atoms with van der Waals surface area (Å²) in [6, 6.07) is 23.4. The molecule has 1 aliphatic heterocycles. The van der Waals surface area contributed by atoms with E-state index in [4.69, 9.17) is 0 Å². The monoisotopic (exact) mass is 357 g/mol. The molecule has 1 heterocycles. The van der Waals surface area contributed by atoms with Crippen LogP contribution in [-0.4, -0.2) is 17.0 Å². The van der Waals surface area contributed by atoms with E-state index in [0.29, 0.717) is 16.8 Å². The molecule has 3 aromatic rings. The van der Waals surface area contributed by atoms with E-state index in [9.17, 15) is 14.7 Å². The molecule has 4 heteroatoms. The van der Waals surface area contributed by atoms with Crippen molar-refractivity contribution < 1.29 is 14.7 Å². The second-order valence-electron chi connectivity index (χ2n) is 6.77. The van der Waals surface area contributed by atoms with Crippen molar-refractivity contribution in [3.8, 4) is 0 Å². The molecule has 134 valence electrons. The van der Waals surface area contributed by atoms with Gasteiger partial charge in [0, 0.05) is 11.3 Å². The predicted molar refractivity (Wildman–Crippen MR) is 104 cm³/mol. The maximum absolute atomic E-state index is 13.4. The van der Waals surface area contributed by atoms with Crippen LogP contribution in [0.3, 0.4) is 0 Å². The largest absolute Gasteiger partial charge is 0.481 e. The third-order valence-corrected chi connectivity index (χ3v) is 5.06. The molecule has 0 aliphatic carbocycles. The topological polar surface area (TPSA) is 57.6 Å². The summed E-state index contributed by atoms with van der Waals surface area (Å²) in [6.45, 7) is 1.98. The highest BCUT2D eigenvalue weighted by molar-refractivity contribution is 6.10. The fraction of sp³-hybridized carbons (Fsp3) is 0.130. The number of rotatable bonds is 3. The Balaban J connectivity index is 1.98. The smallest absolute Gasteiger partial charge is 0.313 e. The number of nitrogens with zero attached hydrogens (tertiary/aromatic N) is 1. The molecule has 0 fully saturated rings. The Morgan fingerprint density at radius 1 is 0.889 bits per heavy atom. The zero-order valence-electron chi connectivity index (χ0n) is 14.9. The summed E-state index contributed by atoms with van der Waals surface area (Å²) in [5.41, 5.74) is 3.58. The first kappa shape index (κ1) is 17.0. The first-order valence-electron chi connectivity index (χ1n) is 8.85. The molecular formula is C23H19NO3. The lowest BCUT2D eigenvalue weighted by molar-refractivity contribution is -0.139. The Morgan fingerprint density at radius 2 is 1.52 bits per heavy atom. The van der Waals surface area contributed by atoms with Crippen LogP contribution in [0, 0.1) is 6.92 Å². The van der Waals surface area contributed by atoms with Gasteiger partial charge in [0.05, 0.1) is 6.04 Å². The summed E-state index contributed by atoms with van der Waals surface area (Å²) in [5.74, 6) is -1.97. The number of hydrogen-bond acceptors (Lipinski definition) is 2. The summed E-state index contributed by atoms with van der Waals surface area (Å²) in [4.78, 5) is 27.3. The number of aliphatic carboxylic acids is 1. The predicted octanol–water partition coefficient (Wildman–Crippen LogP) is 4.56. The molecule has 0 radical (unpaired) electrons. The third-order valence-electron chi connectivity index (χ3n) is 5.06. The van der Waals surface area contributed by atoms with E-state index in [2.05, 4.69) is 0 Å². The average Bonchev–Trinajstić information content (AvgIpc) is 2.69. The molecule has 0 aromatic heterocycles. The molecule has 0 unspecified atom stereocenters. The van der Waals surface area contributed by atoms with E-state index in [0.717, 1.165) is 11.1 Å². The minimum atomic E-state index is -0.944. The van der Waals surface area contributed by atoms with Crippen molar-refractivity contribution in [2.75, 3.05) is 4.90 Å². The highest BCUT2D eigenvalue weighted by Gasteiger charge is 2.44. The molecule has 2 atom stereocenters. The number of amides is 1. The Labute approximate surface area is 157 Å². The van der Waals surface area contributed by atoms with Crippen molar-refractivity contribution >= 4 is 17.6 Å². The van der Waals surface area contributed by atoms with Gasteiger partial charge in [0.15, 0.2) is 0 Å². The average molecular weight is 357 g/mol. The zero-order chi connectivity index (χ0) is 19.0. The molecule has 0 bridgehead atoms. The molecule has 4 nitrogen and oxygen atoms in total. The lowest BCUT2D eigenvalue weighted by Gasteiger charge is -2.40. The van der Waals surface area contributed by atoms with Crippen LogP contribution in [0.25, 0.3) is 0 Å². The van der Waals surface area contributed by atoms with Gasteiger partial charge in [-0.25, -0.2) is 0 Å². The normalized spacial score (nSPS) is 18.9. The summed E-state index contributed by atoms with van der Waals surface area (Å²) in [6.07, 6.45) is 0. The van der Waals surface area contributed by atoms with Crippen LogP contribution in [0.4, 0.5) is 5.69 Å². The number of anilines is 1. The standard InChI is InChI=1S/C23H19NO3/c1-15-11-13-17(14-12-15)24-21(16-7-3-2-4-8-16)20(23(26)27)18-9-5-6-10-19(18)22(24)25/h2-14,20-21H,1H3,(H,26,27)/t20-,21-/m0/s1. The second-order valence-corrected chi connectivity index (χ2v) is 6.77. The number of benzene rings is 3. The number of fused-ring (bicyclic) bond motifs is 1. The lowest BCUT2D eigenvalue weighted by Crippen LogP contribution is -2.45. The van der Waals surface area contributed by atoms with Crippen LogP contribution >= 0.6 is 0 Å². The minimum Gasteiger partial charge on any atom is -0.481 e. The van der Waals surface area contributed by atoms with E-state index < -0.39 is 17.9 Å². The molecule has 1 amide bonds. The van der Waals surface area contributed by atoms with E-state index in [1.807, 2.05) is 61.5 Å². The van der Waals surface area contributed by atoms with Crippen molar-refractivity contribution in [3.63, 3.8) is 0 Å². The van der Waals surface area contributed by atoms with Crippen LogP contribution in [-0.2, 0) is 4.79 Å². The fourth-order valence-corrected chi connectivity index (χ4v) is 3.78. The quantitative estimate of drug-likeness (QED) is 0.747. The molecule has 1 N–H and O–H groups in total. The second kappa shape index (κ2) is 6.72. The molecule has 0 saturated carbocycles. The maximum atomic E-state index is 13.4. The zero-order valence-corrected chi connectivity index (χ0v) is 14.9. The molecular weight excluding hydrogens is 338 g/mol. The molecule has 0 spiro atoms. The van der Waals surface area contributed by atoms with Crippen molar-refractivity contribution in [2.24, 2.45) is 0 Å². The van der Waals surface area contributed by atoms with Crippen LogP contribution in [0.5, 0.6) is 0 Å². The number of hydrogen-bond donors (Lipinski definition) is 1. The van der Waals surface area contributed by atoms with Gasteiger partial charge in [0.2, 0.25) is 0 Å². The van der Waals surface area contributed by atoms with Gasteiger partial charge >= 0.3 is 5.97 Å². The molecule has 1 aliphatic rings. The Bertz CT molecular complexity index is 996. The van der Waals surface area contributed by atoms with Crippen LogP contribution in [0.2, 0.25) is 0 Å². The van der Waals surface area contributed by atoms with Gasteiger partial charge in [0.25, 0.3) is 5.91 Å². The van der Waals surface area contributed by atoms with Crippen LogP contribution in [0.15, 0.2) is 78.9 Å².